The van der Waals surface area contributed by atoms with Crippen molar-refractivity contribution in [3.05, 3.63) is 82.0 Å². The number of carbonyl (C=O) groups excluding carboxylic acids is 4. The molecule has 1 aliphatic heterocycles. The Morgan fingerprint density at radius 1 is 1.00 bits per heavy atom. The molecule has 2 aromatic heterocycles. The molecule has 40 heavy (non-hydrogen) atoms. The van der Waals surface area contributed by atoms with Crippen LogP contribution in [0.2, 0.25) is 0 Å². The summed E-state index contributed by atoms with van der Waals surface area (Å²) in [5.74, 6) is -1.11. The topological polar surface area (TPSA) is 93.6 Å². The predicted molar refractivity (Wildman–Crippen MR) is 153 cm³/mol. The number of hydrogen-bond donors (Lipinski definition) is 0. The Morgan fingerprint density at radius 2 is 1.77 bits per heavy atom. The highest BCUT2D eigenvalue weighted by molar-refractivity contribution is 7.12. The van der Waals surface area contributed by atoms with E-state index in [-0.39, 0.29) is 36.0 Å². The van der Waals surface area contributed by atoms with E-state index < -0.39 is 5.97 Å². The van der Waals surface area contributed by atoms with Crippen molar-refractivity contribution < 1.29 is 23.9 Å². The molecule has 8 heteroatoms. The van der Waals surface area contributed by atoms with Crippen LogP contribution in [0.3, 0.4) is 0 Å². The second kappa shape index (κ2) is 10.4. The van der Waals surface area contributed by atoms with Gasteiger partial charge < -0.3 is 4.74 Å². The van der Waals surface area contributed by atoms with E-state index in [9.17, 15) is 19.2 Å². The summed E-state index contributed by atoms with van der Waals surface area (Å²) in [4.78, 5) is 58.6. The van der Waals surface area contributed by atoms with E-state index in [0.29, 0.717) is 38.6 Å². The molecule has 2 amide bonds. The van der Waals surface area contributed by atoms with Crippen molar-refractivity contribution in [2.75, 3.05) is 11.5 Å². The molecule has 1 aliphatic carbocycles. The standard InChI is InChI=1S/C32H28N2O5S/c1-18-8-13-23-24(15-18)31(37)34(30(23)36)21-11-9-20(10-12-21)26-16-25(22-6-3-5-19(2)29(22)33-26)32(38)39-17-27(35)28-7-4-14-40-28/h3-7,9-12,14,16,18,23-24H,8,13,15,17H2,1-2H3. The summed E-state index contributed by atoms with van der Waals surface area (Å²) >= 11 is 1.30. The first-order valence-corrected chi connectivity index (χ1v) is 14.3. The number of ketones is 1. The number of anilines is 1. The average Bonchev–Trinajstić information content (AvgIpc) is 3.58. The Morgan fingerprint density at radius 3 is 2.52 bits per heavy atom. The smallest absolute Gasteiger partial charge is 0.339 e. The van der Waals surface area contributed by atoms with Crippen LogP contribution in [0.4, 0.5) is 5.69 Å². The van der Waals surface area contributed by atoms with Gasteiger partial charge in [0.25, 0.3) is 0 Å². The molecule has 3 atom stereocenters. The second-order valence-corrected chi connectivity index (χ2v) is 11.6. The van der Waals surface area contributed by atoms with Gasteiger partial charge in [0, 0.05) is 10.9 Å². The highest BCUT2D eigenvalue weighted by Gasteiger charge is 2.49. The maximum atomic E-state index is 13.2. The van der Waals surface area contributed by atoms with Crippen LogP contribution in [0.1, 0.15) is 51.8 Å². The highest BCUT2D eigenvalue weighted by atomic mass is 32.1. The third kappa shape index (κ3) is 4.62. The Bertz CT molecular complexity index is 1640. The minimum Gasteiger partial charge on any atom is -0.454 e. The van der Waals surface area contributed by atoms with Gasteiger partial charge in [0.2, 0.25) is 17.6 Å². The number of aryl methyl sites for hydroxylation is 1. The molecule has 3 unspecified atom stereocenters. The van der Waals surface area contributed by atoms with E-state index in [4.69, 9.17) is 9.72 Å². The number of para-hydroxylation sites is 1. The van der Waals surface area contributed by atoms with Crippen molar-refractivity contribution in [2.24, 2.45) is 17.8 Å². The number of imide groups is 1. The Hall–Kier alpha value is -4.17. The molecule has 3 heterocycles. The number of rotatable bonds is 6. The monoisotopic (exact) mass is 552 g/mol. The Labute approximate surface area is 235 Å². The van der Waals surface area contributed by atoms with Gasteiger partial charge in [-0.05, 0) is 67.3 Å². The molecule has 0 spiro atoms. The first kappa shape index (κ1) is 26.1. The fraction of sp³-hybridized carbons (Fsp3) is 0.281. The molecule has 202 valence electrons. The van der Waals surface area contributed by atoms with E-state index in [1.165, 1.54) is 16.2 Å². The Balaban J connectivity index is 1.30. The maximum Gasteiger partial charge on any atom is 0.339 e. The lowest BCUT2D eigenvalue weighted by atomic mass is 9.76. The SMILES string of the molecule is Cc1cccc2c(C(=O)OCC(=O)c3cccs3)cc(-c3ccc(N4C(=O)C5CCC(C)CC5C4=O)cc3)nc12. The number of Topliss-reactive ketones (excluding diaryl/α,β-unsaturated/α-hetero) is 1. The number of benzene rings is 2. The third-order valence-electron chi connectivity index (χ3n) is 8.00. The number of thiophene rings is 1. The van der Waals surface area contributed by atoms with Gasteiger partial charge in [0.15, 0.2) is 6.61 Å². The van der Waals surface area contributed by atoms with Gasteiger partial charge in [0.05, 0.1) is 39.2 Å². The number of amides is 2. The van der Waals surface area contributed by atoms with Crippen LogP contribution in [0.25, 0.3) is 22.2 Å². The molecule has 2 aliphatic rings. The number of esters is 1. The van der Waals surface area contributed by atoms with Gasteiger partial charge in [-0.2, -0.15) is 0 Å². The fourth-order valence-electron chi connectivity index (χ4n) is 5.85. The molecule has 1 saturated heterocycles. The van der Waals surface area contributed by atoms with E-state index in [2.05, 4.69) is 6.92 Å². The first-order chi connectivity index (χ1) is 19.3. The van der Waals surface area contributed by atoms with Crippen molar-refractivity contribution in [3.63, 3.8) is 0 Å². The van der Waals surface area contributed by atoms with E-state index >= 15 is 0 Å². The van der Waals surface area contributed by atoms with Gasteiger partial charge >= 0.3 is 5.97 Å². The molecule has 0 N–H and O–H groups in total. The summed E-state index contributed by atoms with van der Waals surface area (Å²) in [5.41, 5.74) is 3.68. The van der Waals surface area contributed by atoms with E-state index in [0.717, 1.165) is 30.4 Å². The zero-order valence-electron chi connectivity index (χ0n) is 22.3. The summed E-state index contributed by atoms with van der Waals surface area (Å²) in [6, 6.07) is 17.9. The van der Waals surface area contributed by atoms with Crippen LogP contribution >= 0.6 is 11.3 Å². The van der Waals surface area contributed by atoms with Crippen LogP contribution in [0.15, 0.2) is 66.0 Å². The summed E-state index contributed by atoms with van der Waals surface area (Å²) in [5, 5.41) is 2.44. The zero-order valence-corrected chi connectivity index (χ0v) is 23.1. The van der Waals surface area contributed by atoms with Crippen molar-refractivity contribution in [2.45, 2.75) is 33.1 Å². The lowest BCUT2D eigenvalue weighted by molar-refractivity contribution is -0.122. The minimum absolute atomic E-state index is 0.115. The van der Waals surface area contributed by atoms with Crippen molar-refractivity contribution in [1.29, 1.82) is 0 Å². The number of aromatic nitrogens is 1. The molecule has 7 nitrogen and oxygen atoms in total. The van der Waals surface area contributed by atoms with Gasteiger partial charge in [-0.25, -0.2) is 9.78 Å². The summed E-state index contributed by atoms with van der Waals surface area (Å²) in [6.07, 6.45) is 2.47. The number of pyridine rings is 1. The van der Waals surface area contributed by atoms with E-state index in [1.807, 2.05) is 37.3 Å². The molecule has 1 saturated carbocycles. The number of ether oxygens (including phenoxy) is 1. The Kier molecular flexibility index (Phi) is 6.80. The van der Waals surface area contributed by atoms with Gasteiger partial charge in [-0.1, -0.05) is 43.3 Å². The molecule has 4 aromatic rings. The molecule has 6 rings (SSSR count). The molecule has 0 bridgehead atoms. The normalized spacial score (nSPS) is 20.6. The summed E-state index contributed by atoms with van der Waals surface area (Å²) in [7, 11) is 0. The van der Waals surface area contributed by atoms with Crippen LogP contribution < -0.4 is 4.90 Å². The quantitative estimate of drug-likeness (QED) is 0.160. The minimum atomic E-state index is -0.606. The number of fused-ring (bicyclic) bond motifs is 2. The van der Waals surface area contributed by atoms with Crippen LogP contribution in [0, 0.1) is 24.7 Å². The maximum absolute atomic E-state index is 13.2. The summed E-state index contributed by atoms with van der Waals surface area (Å²) < 4.78 is 5.43. The molecule has 0 radical (unpaired) electrons. The molecule has 2 aromatic carbocycles. The fourth-order valence-corrected chi connectivity index (χ4v) is 6.50. The van der Waals surface area contributed by atoms with Crippen molar-refractivity contribution in [3.8, 4) is 11.3 Å². The first-order valence-electron chi connectivity index (χ1n) is 13.4. The third-order valence-corrected chi connectivity index (χ3v) is 8.91. The highest BCUT2D eigenvalue weighted by Crippen LogP contribution is 2.42. The summed E-state index contributed by atoms with van der Waals surface area (Å²) in [6.45, 7) is 3.70. The lowest BCUT2D eigenvalue weighted by Gasteiger charge is -2.25. The van der Waals surface area contributed by atoms with Crippen molar-refractivity contribution >= 4 is 51.5 Å². The second-order valence-electron chi connectivity index (χ2n) is 10.7. The van der Waals surface area contributed by atoms with Crippen LogP contribution in [-0.2, 0) is 14.3 Å². The molecule has 2 fully saturated rings. The largest absolute Gasteiger partial charge is 0.454 e. The van der Waals surface area contributed by atoms with Crippen LogP contribution in [0.5, 0.6) is 0 Å². The van der Waals surface area contributed by atoms with Gasteiger partial charge in [-0.3, -0.25) is 19.3 Å². The molecular formula is C32H28N2O5S. The van der Waals surface area contributed by atoms with Crippen LogP contribution in [-0.4, -0.2) is 35.2 Å². The number of hydrogen-bond acceptors (Lipinski definition) is 7. The van der Waals surface area contributed by atoms with Crippen molar-refractivity contribution in [1.82, 2.24) is 4.98 Å². The van der Waals surface area contributed by atoms with E-state index in [1.54, 1.807) is 35.7 Å². The number of carbonyl (C=O) groups is 4. The zero-order chi connectivity index (χ0) is 28.0. The molecular weight excluding hydrogens is 524 g/mol. The average molecular weight is 553 g/mol. The van der Waals surface area contributed by atoms with Gasteiger partial charge in [0.1, 0.15) is 0 Å². The lowest BCUT2D eigenvalue weighted by Crippen LogP contribution is -2.30. The predicted octanol–water partition coefficient (Wildman–Crippen LogP) is 6.24. The van der Waals surface area contributed by atoms with Gasteiger partial charge in [-0.15, -0.1) is 11.3 Å². The number of nitrogens with zero attached hydrogens (tertiary/aromatic N) is 2.